The molecule has 0 bridgehead atoms. The van der Waals surface area contributed by atoms with E-state index in [1.807, 2.05) is 18.2 Å². The number of anilines is 1. The van der Waals surface area contributed by atoms with E-state index >= 15 is 0 Å². The van der Waals surface area contributed by atoms with E-state index < -0.39 is 0 Å². The number of nitrogens with zero attached hydrogens (tertiary/aromatic N) is 1. The van der Waals surface area contributed by atoms with Crippen LogP contribution in [0.5, 0.6) is 0 Å². The van der Waals surface area contributed by atoms with Gasteiger partial charge in [0.2, 0.25) is 5.91 Å². The van der Waals surface area contributed by atoms with E-state index in [4.69, 9.17) is 4.74 Å². The maximum Gasteiger partial charge on any atom is 0.242 e. The fourth-order valence-corrected chi connectivity index (χ4v) is 1.16. The molecule has 1 rings (SSSR count). The molecule has 0 spiro atoms. The minimum absolute atomic E-state index is 0.0669. The van der Waals surface area contributed by atoms with Gasteiger partial charge in [-0.2, -0.15) is 0 Å². The van der Waals surface area contributed by atoms with Crippen molar-refractivity contribution in [3.8, 4) is 0 Å². The van der Waals surface area contributed by atoms with Crippen LogP contribution in [0.15, 0.2) is 24.4 Å². The van der Waals surface area contributed by atoms with Crippen LogP contribution in [0.4, 0.5) is 5.82 Å². The highest BCUT2D eigenvalue weighted by atomic mass is 16.5. The molecule has 1 aromatic heterocycles. The Balaban J connectivity index is 2.34. The van der Waals surface area contributed by atoms with E-state index in [1.54, 1.807) is 20.2 Å². The first-order chi connectivity index (χ1) is 7.74. The molecule has 1 heterocycles. The quantitative estimate of drug-likeness (QED) is 0.695. The SMILES string of the molecule is COCCNC(=O)C(C)Nc1ccccn1. The van der Waals surface area contributed by atoms with Gasteiger partial charge in [-0.1, -0.05) is 6.07 Å². The molecule has 5 nitrogen and oxygen atoms in total. The summed E-state index contributed by atoms with van der Waals surface area (Å²) in [5.74, 6) is 0.625. The predicted molar refractivity (Wildman–Crippen MR) is 62.2 cm³/mol. The Morgan fingerprint density at radius 1 is 1.56 bits per heavy atom. The number of methoxy groups -OCH3 is 1. The lowest BCUT2D eigenvalue weighted by Gasteiger charge is -2.14. The number of aromatic nitrogens is 1. The zero-order valence-electron chi connectivity index (χ0n) is 9.56. The van der Waals surface area contributed by atoms with Crippen LogP contribution in [-0.2, 0) is 9.53 Å². The summed E-state index contributed by atoms with van der Waals surface area (Å²) >= 11 is 0. The summed E-state index contributed by atoms with van der Waals surface area (Å²) in [5.41, 5.74) is 0. The van der Waals surface area contributed by atoms with Gasteiger partial charge in [-0.3, -0.25) is 4.79 Å². The molecule has 0 radical (unpaired) electrons. The van der Waals surface area contributed by atoms with E-state index in [9.17, 15) is 4.79 Å². The van der Waals surface area contributed by atoms with E-state index in [0.29, 0.717) is 19.0 Å². The fraction of sp³-hybridized carbons (Fsp3) is 0.455. The van der Waals surface area contributed by atoms with Gasteiger partial charge in [0.05, 0.1) is 6.61 Å². The van der Waals surface area contributed by atoms with Crippen LogP contribution in [0.2, 0.25) is 0 Å². The minimum atomic E-state index is -0.313. The summed E-state index contributed by atoms with van der Waals surface area (Å²) in [4.78, 5) is 15.6. The molecule has 0 saturated heterocycles. The third kappa shape index (κ3) is 4.27. The summed E-state index contributed by atoms with van der Waals surface area (Å²) in [6.45, 7) is 2.82. The lowest BCUT2D eigenvalue weighted by Crippen LogP contribution is -2.39. The van der Waals surface area contributed by atoms with Gasteiger partial charge in [-0.05, 0) is 19.1 Å². The summed E-state index contributed by atoms with van der Waals surface area (Å²) in [7, 11) is 1.60. The molecule has 0 aliphatic heterocycles. The fourth-order valence-electron chi connectivity index (χ4n) is 1.16. The maximum atomic E-state index is 11.6. The van der Waals surface area contributed by atoms with Crippen molar-refractivity contribution in [2.75, 3.05) is 25.6 Å². The smallest absolute Gasteiger partial charge is 0.242 e. The topological polar surface area (TPSA) is 63.2 Å². The van der Waals surface area contributed by atoms with Crippen molar-refractivity contribution in [1.29, 1.82) is 0 Å². The lowest BCUT2D eigenvalue weighted by molar-refractivity contribution is -0.121. The molecule has 0 aromatic carbocycles. The van der Waals surface area contributed by atoms with Crippen LogP contribution >= 0.6 is 0 Å². The molecule has 88 valence electrons. The van der Waals surface area contributed by atoms with Gasteiger partial charge < -0.3 is 15.4 Å². The predicted octanol–water partition coefficient (Wildman–Crippen LogP) is 0.645. The highest BCUT2D eigenvalue weighted by Crippen LogP contribution is 2.02. The standard InChI is InChI=1S/C11H17N3O2/c1-9(11(15)13-7-8-16-2)14-10-5-3-4-6-12-10/h3-6,9H,7-8H2,1-2H3,(H,12,14)(H,13,15). The first kappa shape index (κ1) is 12.4. The van der Waals surface area contributed by atoms with Crippen LogP contribution in [0, 0.1) is 0 Å². The van der Waals surface area contributed by atoms with E-state index in [2.05, 4.69) is 15.6 Å². The Morgan fingerprint density at radius 3 is 3.00 bits per heavy atom. The molecule has 1 aromatic rings. The Kier molecular flexibility index (Phi) is 5.28. The number of hydrogen-bond acceptors (Lipinski definition) is 4. The van der Waals surface area contributed by atoms with Gasteiger partial charge in [-0.15, -0.1) is 0 Å². The number of amides is 1. The Morgan fingerprint density at radius 2 is 2.38 bits per heavy atom. The van der Waals surface area contributed by atoms with E-state index in [1.165, 1.54) is 0 Å². The van der Waals surface area contributed by atoms with Crippen LogP contribution < -0.4 is 10.6 Å². The van der Waals surface area contributed by atoms with Gasteiger partial charge in [-0.25, -0.2) is 4.98 Å². The van der Waals surface area contributed by atoms with Crippen LogP contribution in [-0.4, -0.2) is 37.2 Å². The van der Waals surface area contributed by atoms with Crippen LogP contribution in [0.25, 0.3) is 0 Å². The second-order valence-corrected chi connectivity index (χ2v) is 3.36. The molecular weight excluding hydrogens is 206 g/mol. The lowest BCUT2D eigenvalue weighted by atomic mass is 10.3. The number of hydrogen-bond donors (Lipinski definition) is 2. The minimum Gasteiger partial charge on any atom is -0.383 e. The largest absolute Gasteiger partial charge is 0.383 e. The van der Waals surface area contributed by atoms with Crippen molar-refractivity contribution in [3.63, 3.8) is 0 Å². The highest BCUT2D eigenvalue weighted by Gasteiger charge is 2.11. The molecule has 0 fully saturated rings. The molecule has 16 heavy (non-hydrogen) atoms. The van der Waals surface area contributed by atoms with Crippen molar-refractivity contribution in [3.05, 3.63) is 24.4 Å². The van der Waals surface area contributed by atoms with Gasteiger partial charge in [0, 0.05) is 19.9 Å². The van der Waals surface area contributed by atoms with Crippen molar-refractivity contribution in [1.82, 2.24) is 10.3 Å². The molecule has 5 heteroatoms. The molecule has 1 atom stereocenters. The van der Waals surface area contributed by atoms with Crippen molar-refractivity contribution in [2.45, 2.75) is 13.0 Å². The number of carbonyl (C=O) groups excluding carboxylic acids is 1. The van der Waals surface area contributed by atoms with E-state index in [-0.39, 0.29) is 11.9 Å². The van der Waals surface area contributed by atoms with Crippen molar-refractivity contribution in [2.24, 2.45) is 0 Å². The number of ether oxygens (including phenoxy) is 1. The second kappa shape index (κ2) is 6.79. The van der Waals surface area contributed by atoms with Crippen LogP contribution in [0.3, 0.4) is 0 Å². The molecule has 0 aliphatic rings. The monoisotopic (exact) mass is 223 g/mol. The highest BCUT2D eigenvalue weighted by molar-refractivity contribution is 5.83. The molecule has 1 amide bonds. The zero-order chi connectivity index (χ0) is 11.8. The van der Waals surface area contributed by atoms with Gasteiger partial charge in [0.1, 0.15) is 11.9 Å². The average molecular weight is 223 g/mol. The first-order valence-electron chi connectivity index (χ1n) is 5.18. The maximum absolute atomic E-state index is 11.6. The Labute approximate surface area is 95.2 Å². The molecule has 2 N–H and O–H groups in total. The third-order valence-corrected chi connectivity index (χ3v) is 2.03. The van der Waals surface area contributed by atoms with Gasteiger partial charge in [0.25, 0.3) is 0 Å². The van der Waals surface area contributed by atoms with Gasteiger partial charge in [0.15, 0.2) is 0 Å². The molecule has 0 saturated carbocycles. The summed E-state index contributed by atoms with van der Waals surface area (Å²) in [6, 6.07) is 5.20. The molecular formula is C11H17N3O2. The van der Waals surface area contributed by atoms with Gasteiger partial charge >= 0.3 is 0 Å². The second-order valence-electron chi connectivity index (χ2n) is 3.36. The van der Waals surface area contributed by atoms with E-state index in [0.717, 1.165) is 0 Å². The average Bonchev–Trinajstić information content (AvgIpc) is 2.30. The summed E-state index contributed by atoms with van der Waals surface area (Å²) in [5, 5.41) is 5.75. The summed E-state index contributed by atoms with van der Waals surface area (Å²) < 4.78 is 4.84. The Hall–Kier alpha value is -1.62. The normalized spacial score (nSPS) is 11.9. The number of nitrogens with one attached hydrogen (secondary N) is 2. The first-order valence-corrected chi connectivity index (χ1v) is 5.18. The number of rotatable bonds is 6. The third-order valence-electron chi connectivity index (χ3n) is 2.03. The number of carbonyl (C=O) groups is 1. The van der Waals surface area contributed by atoms with Crippen molar-refractivity contribution < 1.29 is 9.53 Å². The molecule has 1 unspecified atom stereocenters. The summed E-state index contributed by atoms with van der Waals surface area (Å²) in [6.07, 6.45) is 1.68. The van der Waals surface area contributed by atoms with Crippen molar-refractivity contribution >= 4 is 11.7 Å². The number of pyridine rings is 1. The van der Waals surface area contributed by atoms with Crippen LogP contribution in [0.1, 0.15) is 6.92 Å². The zero-order valence-corrected chi connectivity index (χ0v) is 9.56. The molecule has 0 aliphatic carbocycles. The Bertz CT molecular complexity index is 316.